The van der Waals surface area contributed by atoms with Gasteiger partial charge in [-0.1, -0.05) is 30.0 Å². The Labute approximate surface area is 185 Å². The van der Waals surface area contributed by atoms with E-state index in [1.165, 1.54) is 18.9 Å². The van der Waals surface area contributed by atoms with Gasteiger partial charge < -0.3 is 19.5 Å². The average Bonchev–Trinajstić information content (AvgIpc) is 3.06. The van der Waals surface area contributed by atoms with Crippen molar-refractivity contribution >= 4 is 40.1 Å². The van der Waals surface area contributed by atoms with E-state index in [0.717, 1.165) is 5.69 Å². The molecule has 3 rings (SSSR count). The minimum Gasteiger partial charge on any atom is -0.493 e. The van der Waals surface area contributed by atoms with Gasteiger partial charge in [-0.2, -0.15) is 0 Å². The molecule has 2 amide bonds. The van der Waals surface area contributed by atoms with Gasteiger partial charge in [-0.05, 0) is 24.3 Å². The van der Waals surface area contributed by atoms with Gasteiger partial charge in [0.1, 0.15) is 5.25 Å². The number of rotatable bonds is 9. The molecule has 1 unspecified atom stereocenters. The van der Waals surface area contributed by atoms with E-state index in [9.17, 15) is 9.59 Å². The molecule has 0 radical (unpaired) electrons. The highest BCUT2D eigenvalue weighted by Crippen LogP contribution is 2.33. The molecule has 9 heteroatoms. The first kappa shape index (κ1) is 22.6. The van der Waals surface area contributed by atoms with E-state index in [-0.39, 0.29) is 18.2 Å². The molecule has 0 bridgehead atoms. The lowest BCUT2D eigenvalue weighted by molar-refractivity contribution is -0.128. The Hall–Kier alpha value is -3.04. The summed E-state index contributed by atoms with van der Waals surface area (Å²) in [5, 5.41) is 2.83. The Balaban J connectivity index is 1.71. The maximum absolute atomic E-state index is 12.9. The number of methoxy groups -OCH3 is 3. The molecule has 31 heavy (non-hydrogen) atoms. The van der Waals surface area contributed by atoms with Crippen LogP contribution in [0.25, 0.3) is 0 Å². The number of carbonyl (C=O) groups excluding carboxylic acids is 2. The number of nitrogens with one attached hydrogen (secondary N) is 1. The molecular weight excluding hydrogens is 418 g/mol. The predicted molar refractivity (Wildman–Crippen MR) is 121 cm³/mol. The summed E-state index contributed by atoms with van der Waals surface area (Å²) in [5.41, 5.74) is 1.31. The second kappa shape index (κ2) is 10.8. The number of thioether (sulfide) groups is 1. The van der Waals surface area contributed by atoms with Gasteiger partial charge in [0.25, 0.3) is 0 Å². The van der Waals surface area contributed by atoms with Crippen LogP contribution in [-0.2, 0) is 14.3 Å². The Morgan fingerprint density at radius 1 is 1.10 bits per heavy atom. The topological polar surface area (TPSA) is 89.5 Å². The zero-order valence-electron chi connectivity index (χ0n) is 17.7. The van der Waals surface area contributed by atoms with E-state index >= 15 is 0 Å². The molecule has 0 saturated carbocycles. The third kappa shape index (κ3) is 5.77. The van der Waals surface area contributed by atoms with Gasteiger partial charge >= 0.3 is 0 Å². The molecule has 1 atom stereocenters. The molecule has 0 spiro atoms. The smallest absolute Gasteiger partial charge is 0.242 e. The van der Waals surface area contributed by atoms with Crippen LogP contribution in [0.5, 0.6) is 11.5 Å². The first-order valence-corrected chi connectivity index (χ1v) is 10.6. The second-order valence-corrected chi connectivity index (χ2v) is 7.81. The lowest BCUT2D eigenvalue weighted by Crippen LogP contribution is -2.35. The van der Waals surface area contributed by atoms with E-state index in [1.807, 2.05) is 30.3 Å². The molecule has 1 aliphatic heterocycles. The summed E-state index contributed by atoms with van der Waals surface area (Å²) >= 11 is 1.29. The highest BCUT2D eigenvalue weighted by molar-refractivity contribution is 8.15. The van der Waals surface area contributed by atoms with Crippen molar-refractivity contribution < 1.29 is 23.8 Å². The molecular formula is C22H25N3O5S. The van der Waals surface area contributed by atoms with Gasteiger partial charge in [0, 0.05) is 25.3 Å². The highest BCUT2D eigenvalue weighted by Gasteiger charge is 2.39. The minimum atomic E-state index is -0.556. The Morgan fingerprint density at radius 2 is 1.84 bits per heavy atom. The minimum absolute atomic E-state index is 0.0230. The molecule has 1 heterocycles. The van der Waals surface area contributed by atoms with Crippen LogP contribution in [0.15, 0.2) is 53.5 Å². The first-order valence-electron chi connectivity index (χ1n) is 9.68. The molecule has 1 saturated heterocycles. The molecule has 1 aliphatic rings. The van der Waals surface area contributed by atoms with Crippen molar-refractivity contribution in [3.8, 4) is 11.5 Å². The van der Waals surface area contributed by atoms with Crippen molar-refractivity contribution in [1.82, 2.24) is 4.90 Å². The third-order valence-electron chi connectivity index (χ3n) is 4.56. The zero-order valence-corrected chi connectivity index (χ0v) is 18.5. The summed E-state index contributed by atoms with van der Waals surface area (Å²) in [6, 6.07) is 14.5. The van der Waals surface area contributed by atoms with Crippen molar-refractivity contribution in [2.24, 2.45) is 4.99 Å². The molecule has 8 nitrogen and oxygen atoms in total. The van der Waals surface area contributed by atoms with Gasteiger partial charge in [0.15, 0.2) is 16.7 Å². The maximum Gasteiger partial charge on any atom is 0.242 e. The van der Waals surface area contributed by atoms with Crippen molar-refractivity contribution in [3.63, 3.8) is 0 Å². The SMILES string of the molecule is COCCN1C(=O)C(CC(=O)Nc2ccc(OC)c(OC)c2)SC1=Nc1ccccc1. The summed E-state index contributed by atoms with van der Waals surface area (Å²) < 4.78 is 15.6. The zero-order chi connectivity index (χ0) is 22.2. The van der Waals surface area contributed by atoms with Crippen LogP contribution in [0, 0.1) is 0 Å². The van der Waals surface area contributed by atoms with Crippen LogP contribution in [-0.4, -0.2) is 61.6 Å². The molecule has 1 N–H and O–H groups in total. The monoisotopic (exact) mass is 443 g/mol. The van der Waals surface area contributed by atoms with Crippen LogP contribution in [0.3, 0.4) is 0 Å². The normalized spacial score (nSPS) is 17.1. The maximum atomic E-state index is 12.9. The Bertz CT molecular complexity index is 951. The fourth-order valence-corrected chi connectivity index (χ4v) is 4.20. The van der Waals surface area contributed by atoms with Gasteiger partial charge in [0.2, 0.25) is 11.8 Å². The molecule has 1 fully saturated rings. The van der Waals surface area contributed by atoms with Crippen LogP contribution < -0.4 is 14.8 Å². The summed E-state index contributed by atoms with van der Waals surface area (Å²) in [5.74, 6) is 0.650. The molecule has 164 valence electrons. The lowest BCUT2D eigenvalue weighted by atomic mass is 10.2. The summed E-state index contributed by atoms with van der Waals surface area (Å²) in [6.45, 7) is 0.756. The lowest BCUT2D eigenvalue weighted by Gasteiger charge is -2.15. The highest BCUT2D eigenvalue weighted by atomic mass is 32.2. The number of anilines is 1. The van der Waals surface area contributed by atoms with Crippen LogP contribution in [0.1, 0.15) is 6.42 Å². The van der Waals surface area contributed by atoms with E-state index in [1.54, 1.807) is 37.3 Å². The fraction of sp³-hybridized carbons (Fsp3) is 0.318. The van der Waals surface area contributed by atoms with Crippen LogP contribution in [0.2, 0.25) is 0 Å². The third-order valence-corrected chi connectivity index (χ3v) is 5.73. The number of carbonyl (C=O) groups is 2. The van der Waals surface area contributed by atoms with Gasteiger partial charge in [-0.3, -0.25) is 14.5 Å². The average molecular weight is 444 g/mol. The van der Waals surface area contributed by atoms with Crippen molar-refractivity contribution in [2.75, 3.05) is 39.8 Å². The summed E-state index contributed by atoms with van der Waals surface area (Å²) in [6.07, 6.45) is 0.0230. The number of amides is 2. The molecule has 0 aliphatic carbocycles. The van der Waals surface area contributed by atoms with Gasteiger partial charge in [-0.25, -0.2) is 4.99 Å². The number of amidine groups is 1. The van der Waals surface area contributed by atoms with E-state index in [4.69, 9.17) is 14.2 Å². The van der Waals surface area contributed by atoms with Crippen LogP contribution >= 0.6 is 11.8 Å². The standard InChI is InChI=1S/C22H25N3O5S/c1-28-12-11-25-21(27)19(31-22(25)24-15-7-5-4-6-8-15)14-20(26)23-16-9-10-17(29-2)18(13-16)30-3/h4-10,13,19H,11-12,14H2,1-3H3,(H,23,26). The Morgan fingerprint density at radius 3 is 2.52 bits per heavy atom. The number of ether oxygens (including phenoxy) is 3. The van der Waals surface area contributed by atoms with Crippen LogP contribution in [0.4, 0.5) is 11.4 Å². The number of para-hydroxylation sites is 1. The van der Waals surface area contributed by atoms with Gasteiger partial charge in [-0.15, -0.1) is 0 Å². The first-order chi connectivity index (χ1) is 15.0. The fourth-order valence-electron chi connectivity index (χ4n) is 3.02. The summed E-state index contributed by atoms with van der Waals surface area (Å²) in [4.78, 5) is 31.7. The van der Waals surface area contributed by atoms with Crippen molar-refractivity contribution in [1.29, 1.82) is 0 Å². The number of hydrogen-bond donors (Lipinski definition) is 1. The van der Waals surface area contributed by atoms with Crippen molar-refractivity contribution in [3.05, 3.63) is 48.5 Å². The summed E-state index contributed by atoms with van der Waals surface area (Å²) in [7, 11) is 4.65. The number of aliphatic imine (C=N–C) groups is 1. The van der Waals surface area contributed by atoms with Gasteiger partial charge in [0.05, 0.1) is 33.1 Å². The largest absolute Gasteiger partial charge is 0.493 e. The quantitative estimate of drug-likeness (QED) is 0.640. The molecule has 2 aromatic carbocycles. The van der Waals surface area contributed by atoms with E-state index in [0.29, 0.717) is 35.5 Å². The van der Waals surface area contributed by atoms with E-state index in [2.05, 4.69) is 10.3 Å². The predicted octanol–water partition coefficient (Wildman–Crippen LogP) is 3.31. The van der Waals surface area contributed by atoms with E-state index < -0.39 is 5.25 Å². The van der Waals surface area contributed by atoms with Crippen molar-refractivity contribution in [2.45, 2.75) is 11.7 Å². The molecule has 2 aromatic rings. The number of nitrogens with zero attached hydrogens (tertiary/aromatic N) is 2. The number of hydrogen-bond acceptors (Lipinski definition) is 7. The number of benzene rings is 2. The second-order valence-electron chi connectivity index (χ2n) is 6.64. The molecule has 0 aromatic heterocycles. The Kier molecular flexibility index (Phi) is 7.91.